The Morgan fingerprint density at radius 1 is 1.24 bits per heavy atom. The first-order valence-corrected chi connectivity index (χ1v) is 6.92. The fourth-order valence-electron chi connectivity index (χ4n) is 2.49. The van der Waals surface area contributed by atoms with Crippen molar-refractivity contribution >= 4 is 17.4 Å². The Kier molecular flexibility index (Phi) is 4.57. The van der Waals surface area contributed by atoms with Gasteiger partial charge in [0.1, 0.15) is 11.9 Å². The quantitative estimate of drug-likeness (QED) is 0.855. The van der Waals surface area contributed by atoms with E-state index in [1.165, 1.54) is 13.0 Å². The molecule has 0 bridgehead atoms. The lowest BCUT2D eigenvalue weighted by Gasteiger charge is -2.37. The highest BCUT2D eigenvalue weighted by Gasteiger charge is 2.26. The molecule has 2 rings (SSSR count). The van der Waals surface area contributed by atoms with Gasteiger partial charge in [-0.3, -0.25) is 14.5 Å². The van der Waals surface area contributed by atoms with Crippen LogP contribution in [0.1, 0.15) is 24.2 Å². The molecule has 1 atom stereocenters. The third kappa shape index (κ3) is 3.39. The number of carboxylic acids is 1. The maximum Gasteiger partial charge on any atom is 0.320 e. The number of hydrogen-bond donors (Lipinski definition) is 1. The minimum atomic E-state index is -0.847. The van der Waals surface area contributed by atoms with Gasteiger partial charge in [0, 0.05) is 31.7 Å². The monoisotopic (exact) mass is 294 g/mol. The van der Waals surface area contributed by atoms with E-state index in [4.69, 9.17) is 5.11 Å². The van der Waals surface area contributed by atoms with Crippen LogP contribution in [0.25, 0.3) is 0 Å². The van der Waals surface area contributed by atoms with Crippen LogP contribution in [0.5, 0.6) is 0 Å². The summed E-state index contributed by atoms with van der Waals surface area (Å²) in [6, 6.07) is 3.95. The van der Waals surface area contributed by atoms with Crippen molar-refractivity contribution in [3.63, 3.8) is 0 Å². The summed E-state index contributed by atoms with van der Waals surface area (Å²) in [7, 11) is 0. The first-order valence-electron chi connectivity index (χ1n) is 6.92. The third-order valence-electron chi connectivity index (χ3n) is 3.91. The van der Waals surface area contributed by atoms with E-state index in [1.807, 2.05) is 9.80 Å². The summed E-state index contributed by atoms with van der Waals surface area (Å²) in [5.74, 6) is -1.43. The maximum absolute atomic E-state index is 14.1. The number of carboxylic acid groups (broad SMARTS) is 1. The number of hydrogen-bond acceptors (Lipinski definition) is 4. The number of Topliss-reactive ketones (excluding diaryl/α,β-unsaturated/α-hetero) is 1. The summed E-state index contributed by atoms with van der Waals surface area (Å²) in [5, 5.41) is 9.00. The van der Waals surface area contributed by atoms with E-state index in [-0.39, 0.29) is 5.78 Å². The fraction of sp³-hybridized carbons (Fsp3) is 0.467. The molecular formula is C15H19FN2O3. The van der Waals surface area contributed by atoms with Crippen LogP contribution in [-0.2, 0) is 4.79 Å². The molecule has 5 nitrogen and oxygen atoms in total. The molecule has 1 aromatic carbocycles. The van der Waals surface area contributed by atoms with Crippen molar-refractivity contribution in [3.8, 4) is 0 Å². The zero-order valence-electron chi connectivity index (χ0n) is 12.2. The van der Waals surface area contributed by atoms with Crippen molar-refractivity contribution in [2.24, 2.45) is 0 Å². The van der Waals surface area contributed by atoms with E-state index in [1.54, 1.807) is 19.1 Å². The second-order valence-electron chi connectivity index (χ2n) is 5.26. The van der Waals surface area contributed by atoms with E-state index < -0.39 is 17.8 Å². The maximum atomic E-state index is 14.1. The van der Waals surface area contributed by atoms with Gasteiger partial charge in [0.05, 0.1) is 5.69 Å². The molecule has 0 aromatic heterocycles. The molecule has 114 valence electrons. The molecule has 1 aliphatic rings. The van der Waals surface area contributed by atoms with Crippen molar-refractivity contribution in [3.05, 3.63) is 29.6 Å². The number of anilines is 1. The lowest BCUT2D eigenvalue weighted by Crippen LogP contribution is -2.52. The Morgan fingerprint density at radius 3 is 2.33 bits per heavy atom. The highest BCUT2D eigenvalue weighted by Crippen LogP contribution is 2.22. The van der Waals surface area contributed by atoms with Gasteiger partial charge in [-0.2, -0.15) is 0 Å². The number of aliphatic carboxylic acids is 1. The van der Waals surface area contributed by atoms with Crippen molar-refractivity contribution < 1.29 is 19.1 Å². The van der Waals surface area contributed by atoms with Crippen LogP contribution >= 0.6 is 0 Å². The van der Waals surface area contributed by atoms with Crippen LogP contribution in [0.4, 0.5) is 10.1 Å². The van der Waals surface area contributed by atoms with Gasteiger partial charge in [-0.25, -0.2) is 4.39 Å². The fourth-order valence-corrected chi connectivity index (χ4v) is 2.49. The summed E-state index contributed by atoms with van der Waals surface area (Å²) < 4.78 is 14.1. The average Bonchev–Trinajstić information content (AvgIpc) is 2.46. The van der Waals surface area contributed by atoms with Crippen LogP contribution in [0.15, 0.2) is 18.2 Å². The molecular weight excluding hydrogens is 275 g/mol. The molecule has 1 N–H and O–H groups in total. The second-order valence-corrected chi connectivity index (χ2v) is 5.26. The van der Waals surface area contributed by atoms with Crippen molar-refractivity contribution in [1.29, 1.82) is 0 Å². The van der Waals surface area contributed by atoms with Crippen LogP contribution < -0.4 is 4.90 Å². The first kappa shape index (κ1) is 15.4. The molecule has 1 fully saturated rings. The van der Waals surface area contributed by atoms with Crippen molar-refractivity contribution in [1.82, 2.24) is 4.90 Å². The van der Waals surface area contributed by atoms with Crippen LogP contribution in [-0.4, -0.2) is 54.0 Å². The van der Waals surface area contributed by atoms with Gasteiger partial charge in [-0.05, 0) is 32.0 Å². The zero-order chi connectivity index (χ0) is 15.6. The average molecular weight is 294 g/mol. The normalized spacial score (nSPS) is 17.6. The van der Waals surface area contributed by atoms with E-state index in [9.17, 15) is 14.0 Å². The molecule has 0 spiro atoms. The van der Waals surface area contributed by atoms with Crippen LogP contribution in [0.3, 0.4) is 0 Å². The zero-order valence-corrected chi connectivity index (χ0v) is 12.2. The van der Waals surface area contributed by atoms with Gasteiger partial charge < -0.3 is 10.0 Å². The summed E-state index contributed by atoms with van der Waals surface area (Å²) in [6.45, 7) is 5.32. The SMILES string of the molecule is CC(=O)c1ccc(N2CCN(C(C)C(=O)O)CC2)c(F)c1. The summed E-state index contributed by atoms with van der Waals surface area (Å²) in [5.41, 5.74) is 0.817. The number of nitrogens with zero attached hydrogens (tertiary/aromatic N) is 2. The molecule has 1 heterocycles. The third-order valence-corrected chi connectivity index (χ3v) is 3.91. The Hall–Kier alpha value is -1.95. The summed E-state index contributed by atoms with van der Waals surface area (Å²) in [4.78, 5) is 25.9. The number of piperazine rings is 1. The number of ketones is 1. The molecule has 1 aliphatic heterocycles. The second kappa shape index (κ2) is 6.22. The molecule has 0 aliphatic carbocycles. The molecule has 21 heavy (non-hydrogen) atoms. The lowest BCUT2D eigenvalue weighted by molar-refractivity contribution is -0.142. The Bertz CT molecular complexity index is 554. The molecule has 1 unspecified atom stereocenters. The summed E-state index contributed by atoms with van der Waals surface area (Å²) in [6.07, 6.45) is 0. The number of carbonyl (C=O) groups is 2. The molecule has 1 saturated heterocycles. The van der Waals surface area contributed by atoms with Crippen LogP contribution in [0.2, 0.25) is 0 Å². The molecule has 1 aromatic rings. The van der Waals surface area contributed by atoms with Gasteiger partial charge in [0.2, 0.25) is 0 Å². The molecule has 0 radical (unpaired) electrons. The van der Waals surface area contributed by atoms with Gasteiger partial charge in [-0.1, -0.05) is 0 Å². The molecule has 0 saturated carbocycles. The number of benzene rings is 1. The number of halogens is 1. The van der Waals surface area contributed by atoms with Gasteiger partial charge in [-0.15, -0.1) is 0 Å². The van der Waals surface area contributed by atoms with E-state index >= 15 is 0 Å². The summed E-state index contributed by atoms with van der Waals surface area (Å²) >= 11 is 0. The number of carbonyl (C=O) groups excluding carboxylic acids is 1. The van der Waals surface area contributed by atoms with Gasteiger partial charge in [0.15, 0.2) is 5.78 Å². The Morgan fingerprint density at radius 2 is 1.86 bits per heavy atom. The minimum Gasteiger partial charge on any atom is -0.480 e. The van der Waals surface area contributed by atoms with Crippen molar-refractivity contribution in [2.75, 3.05) is 31.1 Å². The van der Waals surface area contributed by atoms with Gasteiger partial charge in [0.25, 0.3) is 0 Å². The van der Waals surface area contributed by atoms with Gasteiger partial charge >= 0.3 is 5.97 Å². The largest absolute Gasteiger partial charge is 0.480 e. The lowest BCUT2D eigenvalue weighted by atomic mass is 10.1. The molecule has 6 heteroatoms. The van der Waals surface area contributed by atoms with E-state index in [0.29, 0.717) is 37.4 Å². The van der Waals surface area contributed by atoms with E-state index in [2.05, 4.69) is 0 Å². The number of rotatable bonds is 4. The predicted octanol–water partition coefficient (Wildman–Crippen LogP) is 1.62. The Labute approximate surface area is 123 Å². The van der Waals surface area contributed by atoms with Crippen molar-refractivity contribution in [2.45, 2.75) is 19.9 Å². The smallest absolute Gasteiger partial charge is 0.320 e. The minimum absolute atomic E-state index is 0.166. The Balaban J connectivity index is 2.05. The van der Waals surface area contributed by atoms with E-state index in [0.717, 1.165) is 0 Å². The molecule has 0 amide bonds. The highest BCUT2D eigenvalue weighted by atomic mass is 19.1. The highest BCUT2D eigenvalue weighted by molar-refractivity contribution is 5.94. The topological polar surface area (TPSA) is 60.9 Å². The first-order chi connectivity index (χ1) is 9.90. The predicted molar refractivity (Wildman–Crippen MR) is 77.3 cm³/mol. The van der Waals surface area contributed by atoms with Crippen LogP contribution in [0, 0.1) is 5.82 Å². The standard InChI is InChI=1S/C15H19FN2O3/c1-10(15(20)21)17-5-7-18(8-6-17)14-4-3-12(11(2)19)9-13(14)16/h3-4,9-10H,5-8H2,1-2H3,(H,20,21).